The van der Waals surface area contributed by atoms with E-state index in [1.807, 2.05) is 0 Å². The van der Waals surface area contributed by atoms with Crippen molar-refractivity contribution in [3.63, 3.8) is 0 Å². The van der Waals surface area contributed by atoms with Crippen LogP contribution < -0.4 is 0 Å². The van der Waals surface area contributed by atoms with E-state index in [1.54, 1.807) is 45.3 Å². The highest BCUT2D eigenvalue weighted by molar-refractivity contribution is 9.10. The van der Waals surface area contributed by atoms with Gasteiger partial charge < -0.3 is 4.90 Å². The molecule has 0 aliphatic heterocycles. The summed E-state index contributed by atoms with van der Waals surface area (Å²) < 4.78 is 0.913. The van der Waals surface area contributed by atoms with Crippen LogP contribution in [0.2, 0.25) is 0 Å². The molecule has 0 fully saturated rings. The summed E-state index contributed by atoms with van der Waals surface area (Å²) in [6, 6.07) is 7.01. The van der Waals surface area contributed by atoms with E-state index in [-0.39, 0.29) is 11.7 Å². The fourth-order valence-corrected chi connectivity index (χ4v) is 1.63. The first-order chi connectivity index (χ1) is 7.43. The van der Waals surface area contributed by atoms with Gasteiger partial charge in [0.2, 0.25) is 5.91 Å². The number of carbonyl (C=O) groups is 2. The third-order valence-corrected chi connectivity index (χ3v) is 2.86. The van der Waals surface area contributed by atoms with Gasteiger partial charge in [0, 0.05) is 24.1 Å². The molecule has 86 valence electrons. The molecule has 0 aliphatic rings. The Kier molecular flexibility index (Phi) is 4.24. The summed E-state index contributed by atoms with van der Waals surface area (Å²) in [5.41, 5.74) is 0.561. The molecule has 1 amide bonds. The van der Waals surface area contributed by atoms with Gasteiger partial charge in [-0.3, -0.25) is 9.59 Å². The van der Waals surface area contributed by atoms with Crippen LogP contribution >= 0.6 is 15.9 Å². The maximum atomic E-state index is 11.9. The Morgan fingerprint density at radius 2 is 1.69 bits per heavy atom. The Labute approximate surface area is 104 Å². The second kappa shape index (κ2) is 5.25. The highest BCUT2D eigenvalue weighted by Crippen LogP contribution is 2.14. The van der Waals surface area contributed by atoms with E-state index in [4.69, 9.17) is 0 Å². The van der Waals surface area contributed by atoms with Crippen molar-refractivity contribution < 1.29 is 9.59 Å². The number of halogens is 1. The van der Waals surface area contributed by atoms with Gasteiger partial charge in [-0.2, -0.15) is 0 Å². The van der Waals surface area contributed by atoms with Crippen molar-refractivity contribution in [1.82, 2.24) is 4.90 Å². The van der Waals surface area contributed by atoms with Crippen LogP contribution in [-0.4, -0.2) is 30.7 Å². The van der Waals surface area contributed by atoms with E-state index in [2.05, 4.69) is 15.9 Å². The van der Waals surface area contributed by atoms with Gasteiger partial charge in [0.25, 0.3) is 0 Å². The summed E-state index contributed by atoms with van der Waals surface area (Å²) in [5, 5.41) is 0. The number of hydrogen-bond donors (Lipinski definition) is 0. The van der Waals surface area contributed by atoms with Gasteiger partial charge in [-0.05, 0) is 19.1 Å². The van der Waals surface area contributed by atoms with Gasteiger partial charge >= 0.3 is 0 Å². The first-order valence-corrected chi connectivity index (χ1v) is 5.73. The first-order valence-electron chi connectivity index (χ1n) is 4.94. The predicted octanol–water partition coefficient (Wildman–Crippen LogP) is 2.36. The van der Waals surface area contributed by atoms with Crippen LogP contribution in [0.4, 0.5) is 0 Å². The lowest BCUT2D eigenvalue weighted by molar-refractivity contribution is -0.130. The normalized spacial score (nSPS) is 12.0. The van der Waals surface area contributed by atoms with Gasteiger partial charge in [-0.1, -0.05) is 28.1 Å². The number of rotatable bonds is 3. The van der Waals surface area contributed by atoms with Gasteiger partial charge in [-0.25, -0.2) is 0 Å². The Bertz CT molecular complexity index is 398. The monoisotopic (exact) mass is 283 g/mol. The van der Waals surface area contributed by atoms with Crippen molar-refractivity contribution in [1.29, 1.82) is 0 Å². The molecule has 16 heavy (non-hydrogen) atoms. The average Bonchev–Trinajstić information content (AvgIpc) is 2.27. The van der Waals surface area contributed by atoms with Crippen LogP contribution in [0.5, 0.6) is 0 Å². The molecule has 1 aromatic carbocycles. The van der Waals surface area contributed by atoms with Crippen LogP contribution in [0.1, 0.15) is 17.3 Å². The molecule has 0 N–H and O–H groups in total. The van der Waals surface area contributed by atoms with Crippen LogP contribution in [0.3, 0.4) is 0 Å². The molecule has 0 bridgehead atoms. The molecular formula is C12H14BrNO2. The Balaban J connectivity index is 2.86. The van der Waals surface area contributed by atoms with Crippen molar-refractivity contribution in [2.24, 2.45) is 5.92 Å². The number of amides is 1. The lowest BCUT2D eigenvalue weighted by Gasteiger charge is -2.15. The lowest BCUT2D eigenvalue weighted by Crippen LogP contribution is -2.32. The third-order valence-electron chi connectivity index (χ3n) is 2.33. The molecule has 0 spiro atoms. The van der Waals surface area contributed by atoms with Gasteiger partial charge in [0.05, 0.1) is 5.92 Å². The van der Waals surface area contributed by atoms with Crippen molar-refractivity contribution in [2.45, 2.75) is 6.92 Å². The molecule has 1 unspecified atom stereocenters. The number of hydrogen-bond acceptors (Lipinski definition) is 2. The summed E-state index contributed by atoms with van der Waals surface area (Å²) in [7, 11) is 3.29. The molecular weight excluding hydrogens is 270 g/mol. The SMILES string of the molecule is CC(C(=O)c1ccc(Br)cc1)C(=O)N(C)C. The molecule has 4 heteroatoms. The van der Waals surface area contributed by atoms with Crippen molar-refractivity contribution >= 4 is 27.6 Å². The van der Waals surface area contributed by atoms with Crippen molar-refractivity contribution in [3.8, 4) is 0 Å². The number of nitrogens with zero attached hydrogens (tertiary/aromatic N) is 1. The summed E-state index contributed by atoms with van der Waals surface area (Å²) >= 11 is 3.30. The number of Topliss-reactive ketones (excluding diaryl/α,β-unsaturated/α-hetero) is 1. The zero-order valence-electron chi connectivity index (χ0n) is 9.53. The highest BCUT2D eigenvalue weighted by atomic mass is 79.9. The predicted molar refractivity (Wildman–Crippen MR) is 66.3 cm³/mol. The zero-order valence-corrected chi connectivity index (χ0v) is 11.1. The largest absolute Gasteiger partial charge is 0.348 e. The Morgan fingerprint density at radius 1 is 1.19 bits per heavy atom. The van der Waals surface area contributed by atoms with E-state index in [0.717, 1.165) is 4.47 Å². The second-order valence-electron chi connectivity index (χ2n) is 3.83. The van der Waals surface area contributed by atoms with E-state index in [1.165, 1.54) is 4.90 Å². The van der Waals surface area contributed by atoms with Gasteiger partial charge in [-0.15, -0.1) is 0 Å². The second-order valence-corrected chi connectivity index (χ2v) is 4.74. The third kappa shape index (κ3) is 2.92. The molecule has 0 heterocycles. The quantitative estimate of drug-likeness (QED) is 0.631. The maximum absolute atomic E-state index is 11.9. The average molecular weight is 284 g/mol. The molecule has 1 atom stereocenters. The van der Waals surface area contributed by atoms with E-state index >= 15 is 0 Å². The number of ketones is 1. The molecule has 1 aromatic rings. The maximum Gasteiger partial charge on any atom is 0.232 e. The lowest BCUT2D eigenvalue weighted by atomic mass is 9.98. The topological polar surface area (TPSA) is 37.4 Å². The number of benzene rings is 1. The van der Waals surface area contributed by atoms with E-state index in [9.17, 15) is 9.59 Å². The van der Waals surface area contributed by atoms with Crippen LogP contribution in [0.25, 0.3) is 0 Å². The first kappa shape index (κ1) is 12.9. The van der Waals surface area contributed by atoms with E-state index < -0.39 is 5.92 Å². The fraction of sp³-hybridized carbons (Fsp3) is 0.333. The fourth-order valence-electron chi connectivity index (χ4n) is 1.36. The van der Waals surface area contributed by atoms with E-state index in [0.29, 0.717) is 5.56 Å². The molecule has 0 radical (unpaired) electrons. The van der Waals surface area contributed by atoms with Gasteiger partial charge in [0.1, 0.15) is 0 Å². The smallest absolute Gasteiger partial charge is 0.232 e. The summed E-state index contributed by atoms with van der Waals surface area (Å²) in [6.07, 6.45) is 0. The molecule has 0 saturated heterocycles. The van der Waals surface area contributed by atoms with Crippen LogP contribution in [0, 0.1) is 5.92 Å². The molecule has 0 aliphatic carbocycles. The standard InChI is InChI=1S/C12H14BrNO2/c1-8(12(16)14(2)3)11(15)9-4-6-10(13)7-5-9/h4-8H,1-3H3. The summed E-state index contributed by atoms with van der Waals surface area (Å²) in [5.74, 6) is -0.949. The summed E-state index contributed by atoms with van der Waals surface area (Å²) in [4.78, 5) is 25.0. The number of carbonyl (C=O) groups excluding carboxylic acids is 2. The summed E-state index contributed by atoms with van der Waals surface area (Å²) in [6.45, 7) is 1.63. The minimum Gasteiger partial charge on any atom is -0.348 e. The zero-order chi connectivity index (χ0) is 12.3. The van der Waals surface area contributed by atoms with Crippen LogP contribution in [0.15, 0.2) is 28.7 Å². The highest BCUT2D eigenvalue weighted by Gasteiger charge is 2.23. The van der Waals surface area contributed by atoms with Crippen molar-refractivity contribution in [3.05, 3.63) is 34.3 Å². The molecule has 3 nitrogen and oxygen atoms in total. The molecule has 0 saturated carbocycles. The van der Waals surface area contributed by atoms with Gasteiger partial charge in [0.15, 0.2) is 5.78 Å². The molecule has 0 aromatic heterocycles. The minimum absolute atomic E-state index is 0.147. The van der Waals surface area contributed by atoms with Crippen molar-refractivity contribution in [2.75, 3.05) is 14.1 Å². The van der Waals surface area contributed by atoms with Crippen LogP contribution in [-0.2, 0) is 4.79 Å². The minimum atomic E-state index is -0.629. The molecule has 1 rings (SSSR count). The Morgan fingerprint density at radius 3 is 2.12 bits per heavy atom. The Hall–Kier alpha value is -1.16.